The molecule has 9 rings (SSSR count). The molecule has 9 aromatic rings. The van der Waals surface area contributed by atoms with Crippen molar-refractivity contribution in [1.29, 1.82) is 0 Å². The van der Waals surface area contributed by atoms with Gasteiger partial charge in [-0.05, 0) is 123 Å². The van der Waals surface area contributed by atoms with Gasteiger partial charge in [0.05, 0.1) is 0 Å². The first-order chi connectivity index (χ1) is 29.7. The van der Waals surface area contributed by atoms with E-state index >= 15 is 0 Å². The molecule has 0 radical (unpaired) electrons. The normalized spacial score (nSPS) is 11.5. The number of hydrogen-bond acceptors (Lipinski definition) is 2. The van der Waals surface area contributed by atoms with Crippen LogP contribution in [0.15, 0.2) is 231 Å². The van der Waals surface area contributed by atoms with Gasteiger partial charge in [0.2, 0.25) is 0 Å². The second kappa shape index (κ2) is 18.1. The van der Waals surface area contributed by atoms with Crippen LogP contribution >= 0.6 is 0 Å². The lowest BCUT2D eigenvalue weighted by Gasteiger charge is -2.26. The van der Waals surface area contributed by atoms with Crippen molar-refractivity contribution < 1.29 is 0 Å². The molecule has 0 saturated heterocycles. The molecule has 0 saturated carbocycles. The van der Waals surface area contributed by atoms with Crippen molar-refractivity contribution in [3.8, 4) is 0 Å². The Morgan fingerprint density at radius 1 is 0.200 bits per heavy atom. The lowest BCUT2D eigenvalue weighted by atomic mass is 10.0. The molecule has 2 heteroatoms. The van der Waals surface area contributed by atoms with Crippen molar-refractivity contribution in [3.05, 3.63) is 264 Å². The van der Waals surface area contributed by atoms with Crippen LogP contribution in [0.25, 0.3) is 47.2 Å². The van der Waals surface area contributed by atoms with E-state index in [4.69, 9.17) is 0 Å². The number of nitrogens with zero attached hydrogens (tertiary/aromatic N) is 2. The van der Waals surface area contributed by atoms with Gasteiger partial charge in [-0.2, -0.15) is 0 Å². The van der Waals surface area contributed by atoms with E-state index in [0.29, 0.717) is 0 Å². The Balaban J connectivity index is 0.924. The van der Waals surface area contributed by atoms with Crippen molar-refractivity contribution in [3.63, 3.8) is 0 Å². The molecule has 0 aliphatic rings. The fraction of sp³-hybridized carbons (Fsp3) is 0. The lowest BCUT2D eigenvalue weighted by molar-refractivity contribution is 1.28. The Labute approximate surface area is 353 Å². The molecule has 0 N–H and O–H groups in total. The fourth-order valence-electron chi connectivity index (χ4n) is 7.45. The average molecular weight is 769 g/mol. The predicted molar refractivity (Wildman–Crippen MR) is 259 cm³/mol. The van der Waals surface area contributed by atoms with Crippen LogP contribution in [-0.4, -0.2) is 0 Å². The van der Waals surface area contributed by atoms with Gasteiger partial charge in [0.1, 0.15) is 0 Å². The van der Waals surface area contributed by atoms with Crippen LogP contribution in [0.3, 0.4) is 0 Å². The van der Waals surface area contributed by atoms with Crippen LogP contribution in [0.2, 0.25) is 0 Å². The maximum Gasteiger partial charge on any atom is 0.0468 e. The summed E-state index contributed by atoms with van der Waals surface area (Å²) in [5, 5.41) is 2.39. The molecule has 0 unspecified atom stereocenters. The topological polar surface area (TPSA) is 6.48 Å². The number of fused-ring (bicyclic) bond motifs is 1. The highest BCUT2D eigenvalue weighted by atomic mass is 15.1. The lowest BCUT2D eigenvalue weighted by Crippen LogP contribution is -2.09. The molecule has 60 heavy (non-hydrogen) atoms. The van der Waals surface area contributed by atoms with E-state index in [-0.39, 0.29) is 0 Å². The molecule has 0 fully saturated rings. The Morgan fingerprint density at radius 3 is 0.883 bits per heavy atom. The van der Waals surface area contributed by atoms with Crippen molar-refractivity contribution in [2.45, 2.75) is 0 Å². The maximum absolute atomic E-state index is 2.32. The minimum atomic E-state index is 1.10. The zero-order chi connectivity index (χ0) is 40.4. The number of hydrogen-bond donors (Lipinski definition) is 0. The van der Waals surface area contributed by atoms with Crippen molar-refractivity contribution in [1.82, 2.24) is 0 Å². The SMILES string of the molecule is C(=Cc1ccc(N(c2ccccc2)c2ccc(C=Cc3ccc4cc(N(c5ccccc5)c5ccc(C=Cc6ccccc6)cc5)ccc4c3)cc2)cc1)c1ccccc1. The summed E-state index contributed by atoms with van der Waals surface area (Å²) in [7, 11) is 0. The minimum Gasteiger partial charge on any atom is -0.311 e. The molecule has 0 amide bonds. The van der Waals surface area contributed by atoms with Gasteiger partial charge < -0.3 is 9.80 Å². The van der Waals surface area contributed by atoms with Crippen LogP contribution < -0.4 is 9.80 Å². The van der Waals surface area contributed by atoms with Gasteiger partial charge in [0.15, 0.2) is 0 Å². The van der Waals surface area contributed by atoms with Gasteiger partial charge in [0, 0.05) is 34.1 Å². The van der Waals surface area contributed by atoms with Gasteiger partial charge in [0.25, 0.3) is 0 Å². The third-order valence-electron chi connectivity index (χ3n) is 10.6. The van der Waals surface area contributed by atoms with E-state index in [1.807, 2.05) is 12.1 Å². The summed E-state index contributed by atoms with van der Waals surface area (Å²) in [4.78, 5) is 4.62. The smallest absolute Gasteiger partial charge is 0.0468 e. The van der Waals surface area contributed by atoms with E-state index in [9.17, 15) is 0 Å². The van der Waals surface area contributed by atoms with Crippen LogP contribution in [0, 0.1) is 0 Å². The zero-order valence-corrected chi connectivity index (χ0v) is 33.3. The van der Waals surface area contributed by atoms with Gasteiger partial charge in [-0.25, -0.2) is 0 Å². The van der Waals surface area contributed by atoms with Crippen LogP contribution in [0.4, 0.5) is 34.1 Å². The Hall–Kier alpha value is -7.94. The first-order valence-corrected chi connectivity index (χ1v) is 20.4. The molecule has 0 aromatic heterocycles. The zero-order valence-electron chi connectivity index (χ0n) is 33.3. The second-order valence-electron chi connectivity index (χ2n) is 14.7. The summed E-state index contributed by atoms with van der Waals surface area (Å²) < 4.78 is 0. The summed E-state index contributed by atoms with van der Waals surface area (Å²) in [6.45, 7) is 0. The van der Waals surface area contributed by atoms with Crippen LogP contribution in [0.1, 0.15) is 33.4 Å². The minimum absolute atomic E-state index is 1.10. The van der Waals surface area contributed by atoms with Gasteiger partial charge in [-0.3, -0.25) is 0 Å². The molecule has 0 spiro atoms. The van der Waals surface area contributed by atoms with Gasteiger partial charge >= 0.3 is 0 Å². The van der Waals surface area contributed by atoms with Crippen LogP contribution in [-0.2, 0) is 0 Å². The van der Waals surface area contributed by atoms with Gasteiger partial charge in [-0.15, -0.1) is 0 Å². The summed E-state index contributed by atoms with van der Waals surface area (Å²) in [5.74, 6) is 0. The quantitative estimate of drug-likeness (QED) is 0.114. The number of benzene rings is 9. The molecule has 0 bridgehead atoms. The van der Waals surface area contributed by atoms with E-state index in [1.165, 1.54) is 21.9 Å². The van der Waals surface area contributed by atoms with Crippen molar-refractivity contribution >= 4 is 81.4 Å². The van der Waals surface area contributed by atoms with Crippen LogP contribution in [0.5, 0.6) is 0 Å². The van der Waals surface area contributed by atoms with Gasteiger partial charge in [-0.1, -0.05) is 188 Å². The standard InChI is InChI=1S/C58H44N2/c1-5-13-45(14-6-1)21-23-47-28-36-55(37-29-47)59(53-17-9-3-10-18-53)56-38-30-49(31-39-56)25-26-50-27-34-52-44-58(42-35-51(52)43-50)60(54-19-11-4-12-20-54)57-40-32-48(33-41-57)24-22-46-15-7-2-8-16-46/h1-44H. The maximum atomic E-state index is 2.32. The summed E-state index contributed by atoms with van der Waals surface area (Å²) >= 11 is 0. The van der Waals surface area contributed by atoms with Crippen molar-refractivity contribution in [2.24, 2.45) is 0 Å². The highest BCUT2D eigenvalue weighted by molar-refractivity contribution is 5.91. The Bertz CT molecular complexity index is 2860. The highest BCUT2D eigenvalue weighted by Gasteiger charge is 2.14. The molecular weight excluding hydrogens is 725 g/mol. The van der Waals surface area contributed by atoms with E-state index in [2.05, 4.69) is 265 Å². The average Bonchev–Trinajstić information content (AvgIpc) is 3.32. The molecule has 0 atom stereocenters. The van der Waals surface area contributed by atoms with E-state index in [1.54, 1.807) is 0 Å². The monoisotopic (exact) mass is 768 g/mol. The second-order valence-corrected chi connectivity index (χ2v) is 14.7. The molecule has 9 aromatic carbocycles. The summed E-state index contributed by atoms with van der Waals surface area (Å²) in [6, 6.07) is 81.6. The largest absolute Gasteiger partial charge is 0.311 e. The third kappa shape index (κ3) is 9.10. The molecular formula is C58H44N2. The molecule has 0 heterocycles. The number of rotatable bonds is 12. The van der Waals surface area contributed by atoms with E-state index in [0.717, 1.165) is 56.4 Å². The molecule has 2 nitrogen and oxygen atoms in total. The summed E-state index contributed by atoms with van der Waals surface area (Å²) in [5.41, 5.74) is 13.7. The predicted octanol–water partition coefficient (Wildman–Crippen LogP) is 16.3. The molecule has 286 valence electrons. The Kier molecular flexibility index (Phi) is 11.4. The molecule has 0 aliphatic heterocycles. The number of para-hydroxylation sites is 2. The third-order valence-corrected chi connectivity index (χ3v) is 10.6. The highest BCUT2D eigenvalue weighted by Crippen LogP contribution is 2.37. The first kappa shape index (κ1) is 37.6. The first-order valence-electron chi connectivity index (χ1n) is 20.4. The van der Waals surface area contributed by atoms with E-state index < -0.39 is 0 Å². The molecule has 0 aliphatic carbocycles. The van der Waals surface area contributed by atoms with Crippen molar-refractivity contribution in [2.75, 3.05) is 9.80 Å². The number of anilines is 6. The summed E-state index contributed by atoms with van der Waals surface area (Å²) in [6.07, 6.45) is 13.0. The fourth-order valence-corrected chi connectivity index (χ4v) is 7.45. The Morgan fingerprint density at radius 2 is 0.467 bits per heavy atom.